The zero-order chi connectivity index (χ0) is 14.3. The summed E-state index contributed by atoms with van der Waals surface area (Å²) in [6.45, 7) is 3.82. The van der Waals surface area contributed by atoms with Crippen molar-refractivity contribution in [3.05, 3.63) is 30.3 Å². The van der Waals surface area contributed by atoms with E-state index in [0.29, 0.717) is 13.0 Å². The van der Waals surface area contributed by atoms with Crippen LogP contribution in [0.3, 0.4) is 0 Å². The molecule has 0 aromatic heterocycles. The van der Waals surface area contributed by atoms with E-state index in [1.165, 1.54) is 6.92 Å². The number of amides is 1. The van der Waals surface area contributed by atoms with Crippen LogP contribution in [0.15, 0.2) is 30.3 Å². The molecule has 0 unspecified atom stereocenters. The maximum absolute atomic E-state index is 11.6. The monoisotopic (exact) mass is 284 g/mol. The predicted molar refractivity (Wildman–Crippen MR) is 76.5 cm³/mol. The van der Waals surface area contributed by atoms with Crippen LogP contribution in [0.25, 0.3) is 0 Å². The Morgan fingerprint density at radius 1 is 1.26 bits per heavy atom. The molecule has 5 nitrogen and oxygen atoms in total. The van der Waals surface area contributed by atoms with Crippen LogP contribution >= 0.6 is 0 Å². The average Bonchev–Trinajstić information content (AvgIpc) is 2.35. The summed E-state index contributed by atoms with van der Waals surface area (Å²) in [6.07, 6.45) is 0.574. The van der Waals surface area contributed by atoms with Crippen LogP contribution in [-0.4, -0.2) is 33.2 Å². The van der Waals surface area contributed by atoms with Gasteiger partial charge in [-0.1, -0.05) is 25.1 Å². The molecule has 0 aliphatic rings. The molecule has 106 valence electrons. The second-order valence-electron chi connectivity index (χ2n) is 4.22. The van der Waals surface area contributed by atoms with Gasteiger partial charge in [-0.05, 0) is 18.6 Å². The topological polar surface area (TPSA) is 66.5 Å². The molecule has 19 heavy (non-hydrogen) atoms. The normalized spacial score (nSPS) is 11.3. The summed E-state index contributed by atoms with van der Waals surface area (Å²) in [4.78, 5) is 13.1. The largest absolute Gasteiger partial charge is 0.311 e. The molecule has 0 fully saturated rings. The lowest BCUT2D eigenvalue weighted by atomic mass is 10.3. The van der Waals surface area contributed by atoms with Crippen molar-refractivity contribution < 1.29 is 13.2 Å². The Bertz CT molecular complexity index is 500. The van der Waals surface area contributed by atoms with Crippen molar-refractivity contribution in [1.82, 2.24) is 4.72 Å². The highest BCUT2D eigenvalue weighted by atomic mass is 32.2. The fourth-order valence-electron chi connectivity index (χ4n) is 1.73. The molecule has 0 bridgehead atoms. The van der Waals surface area contributed by atoms with Gasteiger partial charge in [-0.15, -0.1) is 0 Å². The lowest BCUT2D eigenvalue weighted by Gasteiger charge is -2.21. The van der Waals surface area contributed by atoms with E-state index in [2.05, 4.69) is 4.72 Å². The lowest BCUT2D eigenvalue weighted by molar-refractivity contribution is -0.116. The molecule has 1 aromatic rings. The maximum atomic E-state index is 11.6. The van der Waals surface area contributed by atoms with Crippen LogP contribution in [0.5, 0.6) is 0 Å². The summed E-state index contributed by atoms with van der Waals surface area (Å²) in [5, 5.41) is 0. The van der Waals surface area contributed by atoms with Gasteiger partial charge in [0.25, 0.3) is 0 Å². The van der Waals surface area contributed by atoms with E-state index < -0.39 is 10.0 Å². The van der Waals surface area contributed by atoms with Crippen LogP contribution in [0.1, 0.15) is 20.3 Å². The molecule has 1 N–H and O–H groups in total. The number of benzene rings is 1. The van der Waals surface area contributed by atoms with Crippen LogP contribution in [0, 0.1) is 0 Å². The number of nitrogens with zero attached hydrogens (tertiary/aromatic N) is 1. The van der Waals surface area contributed by atoms with Crippen molar-refractivity contribution >= 4 is 21.6 Å². The van der Waals surface area contributed by atoms with E-state index in [1.807, 2.05) is 37.3 Å². The fraction of sp³-hybridized carbons (Fsp3) is 0.462. The SMILES string of the molecule is CCCS(=O)(=O)NCCN(C(C)=O)c1ccccc1. The molecule has 0 heterocycles. The van der Waals surface area contributed by atoms with E-state index in [1.54, 1.807) is 4.90 Å². The van der Waals surface area contributed by atoms with Crippen molar-refractivity contribution in [2.75, 3.05) is 23.7 Å². The van der Waals surface area contributed by atoms with E-state index in [4.69, 9.17) is 0 Å². The van der Waals surface area contributed by atoms with Gasteiger partial charge in [0.15, 0.2) is 0 Å². The standard InChI is InChI=1S/C13H20N2O3S/c1-3-11-19(17,18)14-9-10-15(12(2)16)13-7-5-4-6-8-13/h4-8,14H,3,9-11H2,1-2H3. The van der Waals surface area contributed by atoms with E-state index in [0.717, 1.165) is 5.69 Å². The minimum atomic E-state index is -3.22. The summed E-state index contributed by atoms with van der Waals surface area (Å²) in [7, 11) is -3.22. The van der Waals surface area contributed by atoms with Gasteiger partial charge in [0.2, 0.25) is 15.9 Å². The first kappa shape index (κ1) is 15.7. The quantitative estimate of drug-likeness (QED) is 0.822. The van der Waals surface area contributed by atoms with Gasteiger partial charge < -0.3 is 4.90 Å². The van der Waals surface area contributed by atoms with Crippen LogP contribution < -0.4 is 9.62 Å². The molecule has 6 heteroatoms. The number of sulfonamides is 1. The highest BCUT2D eigenvalue weighted by molar-refractivity contribution is 7.89. The van der Waals surface area contributed by atoms with Crippen LogP contribution in [0.2, 0.25) is 0 Å². The van der Waals surface area contributed by atoms with Gasteiger partial charge in [-0.2, -0.15) is 0 Å². The predicted octanol–water partition coefficient (Wildman–Crippen LogP) is 1.37. The molecule has 0 radical (unpaired) electrons. The van der Waals surface area contributed by atoms with E-state index in [9.17, 15) is 13.2 Å². The Balaban J connectivity index is 2.60. The van der Waals surface area contributed by atoms with E-state index >= 15 is 0 Å². The highest BCUT2D eigenvalue weighted by Gasteiger charge is 2.13. The average molecular weight is 284 g/mol. The van der Waals surface area contributed by atoms with Crippen LogP contribution in [-0.2, 0) is 14.8 Å². The van der Waals surface area contributed by atoms with Gasteiger partial charge in [0.1, 0.15) is 0 Å². The fourth-order valence-corrected chi connectivity index (χ4v) is 2.81. The zero-order valence-corrected chi connectivity index (χ0v) is 12.1. The van der Waals surface area contributed by atoms with E-state index in [-0.39, 0.29) is 18.2 Å². The van der Waals surface area contributed by atoms with Gasteiger partial charge in [0.05, 0.1) is 5.75 Å². The third-order valence-corrected chi connectivity index (χ3v) is 4.17. The molecule has 1 rings (SSSR count). The zero-order valence-electron chi connectivity index (χ0n) is 11.3. The molecule has 0 saturated heterocycles. The summed E-state index contributed by atoms with van der Waals surface area (Å²) < 4.78 is 25.5. The van der Waals surface area contributed by atoms with Crippen molar-refractivity contribution in [2.45, 2.75) is 20.3 Å². The number of para-hydroxylation sites is 1. The second kappa shape index (κ2) is 7.25. The second-order valence-corrected chi connectivity index (χ2v) is 6.15. The Morgan fingerprint density at radius 3 is 2.42 bits per heavy atom. The molecule has 0 aliphatic carbocycles. The molecule has 0 atom stereocenters. The Hall–Kier alpha value is -1.40. The summed E-state index contributed by atoms with van der Waals surface area (Å²) >= 11 is 0. The minimum Gasteiger partial charge on any atom is -0.311 e. The first-order valence-corrected chi connectivity index (χ1v) is 7.92. The molecule has 1 aromatic carbocycles. The number of nitrogens with one attached hydrogen (secondary N) is 1. The number of hydrogen-bond donors (Lipinski definition) is 1. The number of hydrogen-bond acceptors (Lipinski definition) is 3. The third-order valence-electron chi connectivity index (χ3n) is 2.58. The number of carbonyl (C=O) groups is 1. The first-order chi connectivity index (χ1) is 8.96. The molecule has 1 amide bonds. The molecule has 0 aliphatic heterocycles. The van der Waals surface area contributed by atoms with Gasteiger partial charge >= 0.3 is 0 Å². The maximum Gasteiger partial charge on any atom is 0.223 e. The van der Waals surface area contributed by atoms with Crippen molar-refractivity contribution in [3.8, 4) is 0 Å². The third kappa shape index (κ3) is 5.40. The molecular weight excluding hydrogens is 264 g/mol. The number of anilines is 1. The van der Waals surface area contributed by atoms with Gasteiger partial charge in [0, 0.05) is 25.7 Å². The van der Waals surface area contributed by atoms with Crippen LogP contribution in [0.4, 0.5) is 5.69 Å². The summed E-state index contributed by atoms with van der Waals surface area (Å²) in [5.41, 5.74) is 0.768. The molecular formula is C13H20N2O3S. The smallest absolute Gasteiger partial charge is 0.223 e. The van der Waals surface area contributed by atoms with Crippen molar-refractivity contribution in [3.63, 3.8) is 0 Å². The highest BCUT2D eigenvalue weighted by Crippen LogP contribution is 2.12. The first-order valence-electron chi connectivity index (χ1n) is 6.27. The van der Waals surface area contributed by atoms with Crippen molar-refractivity contribution in [2.24, 2.45) is 0 Å². The lowest BCUT2D eigenvalue weighted by Crippen LogP contribution is -2.38. The minimum absolute atomic E-state index is 0.110. The van der Waals surface area contributed by atoms with Gasteiger partial charge in [-0.25, -0.2) is 13.1 Å². The summed E-state index contributed by atoms with van der Waals surface area (Å²) in [5.74, 6) is -0.000755. The number of rotatable bonds is 7. The van der Waals surface area contributed by atoms with Crippen molar-refractivity contribution in [1.29, 1.82) is 0 Å². The summed E-state index contributed by atoms with van der Waals surface area (Å²) in [6, 6.07) is 9.19. The van der Waals surface area contributed by atoms with Gasteiger partial charge in [-0.3, -0.25) is 4.79 Å². The Morgan fingerprint density at radius 2 is 1.89 bits per heavy atom. The Kier molecular flexibility index (Phi) is 5.98. The molecule has 0 spiro atoms. The number of carbonyl (C=O) groups excluding carboxylic acids is 1. The molecule has 0 saturated carbocycles. The Labute approximate surface area is 114 Å².